The highest BCUT2D eigenvalue weighted by Gasteiger charge is 2.30. The molecule has 1 aromatic rings. The highest BCUT2D eigenvalue weighted by Crippen LogP contribution is 2.35. The fourth-order valence-electron chi connectivity index (χ4n) is 3.31. The minimum atomic E-state index is -3.67. The summed E-state index contributed by atoms with van der Waals surface area (Å²) in [4.78, 5) is 12.7. The molecule has 0 spiro atoms. The van der Waals surface area contributed by atoms with Crippen molar-refractivity contribution in [2.24, 2.45) is 5.92 Å². The van der Waals surface area contributed by atoms with Crippen molar-refractivity contribution in [2.45, 2.75) is 52.5 Å². The predicted molar refractivity (Wildman–Crippen MR) is 111 cm³/mol. The number of ether oxygens (including phenoxy) is 2. The SMILES string of the molecule is CCCC[C@@H](CC)CNC(=O)[C@H](C)N(c1ccc2c(c1)OCCO2)S(C)(=O)=O. The van der Waals surface area contributed by atoms with E-state index in [0.29, 0.717) is 42.9 Å². The molecule has 158 valence electrons. The largest absolute Gasteiger partial charge is 0.486 e. The number of amides is 1. The van der Waals surface area contributed by atoms with Crippen LogP contribution in [0.2, 0.25) is 0 Å². The van der Waals surface area contributed by atoms with Gasteiger partial charge in [0, 0.05) is 12.6 Å². The third-order valence-corrected chi connectivity index (χ3v) is 6.22. The molecule has 1 heterocycles. The van der Waals surface area contributed by atoms with Gasteiger partial charge >= 0.3 is 0 Å². The molecule has 0 aromatic heterocycles. The molecule has 2 rings (SSSR count). The quantitative estimate of drug-likeness (QED) is 0.639. The van der Waals surface area contributed by atoms with E-state index in [1.807, 2.05) is 0 Å². The average Bonchev–Trinajstić information content (AvgIpc) is 2.66. The number of fused-ring (bicyclic) bond motifs is 1. The van der Waals surface area contributed by atoms with Gasteiger partial charge in [0.2, 0.25) is 15.9 Å². The maximum absolute atomic E-state index is 12.7. The molecule has 0 aliphatic carbocycles. The number of hydrogen-bond acceptors (Lipinski definition) is 5. The van der Waals surface area contributed by atoms with Gasteiger partial charge in [0.1, 0.15) is 19.3 Å². The standard InChI is InChI=1S/C20H32N2O5S/c1-5-7-8-16(6-2)14-21-20(23)15(3)22(28(4,24)25)17-9-10-18-19(13-17)27-12-11-26-18/h9-10,13,15-16H,5-8,11-12,14H2,1-4H3,(H,21,23)/t15-,16+/m0/s1. The summed E-state index contributed by atoms with van der Waals surface area (Å²) in [5.41, 5.74) is 0.382. The van der Waals surface area contributed by atoms with E-state index < -0.39 is 16.1 Å². The first-order valence-corrected chi connectivity index (χ1v) is 11.8. The maximum atomic E-state index is 12.7. The van der Waals surface area contributed by atoms with E-state index in [-0.39, 0.29) is 5.91 Å². The van der Waals surface area contributed by atoms with Crippen LogP contribution in [-0.4, -0.2) is 46.4 Å². The Bertz CT molecular complexity index is 766. The first-order chi connectivity index (χ1) is 13.3. The van der Waals surface area contributed by atoms with Gasteiger partial charge in [-0.1, -0.05) is 33.1 Å². The number of carbonyl (C=O) groups is 1. The Morgan fingerprint density at radius 2 is 1.89 bits per heavy atom. The molecular formula is C20H32N2O5S. The van der Waals surface area contributed by atoms with Gasteiger partial charge in [-0.05, 0) is 31.4 Å². The molecule has 1 amide bonds. The molecule has 0 saturated heterocycles. The van der Waals surface area contributed by atoms with Gasteiger partial charge in [-0.2, -0.15) is 0 Å². The van der Waals surface area contributed by atoms with Crippen LogP contribution in [0.1, 0.15) is 46.5 Å². The lowest BCUT2D eigenvalue weighted by Crippen LogP contribution is -2.48. The molecule has 0 saturated carbocycles. The molecule has 8 heteroatoms. The van der Waals surface area contributed by atoms with E-state index in [1.54, 1.807) is 25.1 Å². The summed E-state index contributed by atoms with van der Waals surface area (Å²) in [5.74, 6) is 1.14. The molecule has 1 aromatic carbocycles. The fourth-order valence-corrected chi connectivity index (χ4v) is 4.48. The number of anilines is 1. The first kappa shape index (κ1) is 22.3. The Hall–Kier alpha value is -1.96. The van der Waals surface area contributed by atoms with Crippen molar-refractivity contribution in [2.75, 3.05) is 30.3 Å². The van der Waals surface area contributed by atoms with E-state index in [4.69, 9.17) is 9.47 Å². The van der Waals surface area contributed by atoms with Crippen molar-refractivity contribution in [3.8, 4) is 11.5 Å². The number of hydrogen-bond donors (Lipinski definition) is 1. The summed E-state index contributed by atoms with van der Waals surface area (Å²) < 4.78 is 37.1. The number of nitrogens with one attached hydrogen (secondary N) is 1. The van der Waals surface area contributed by atoms with Crippen molar-refractivity contribution in [1.29, 1.82) is 0 Å². The molecule has 7 nitrogen and oxygen atoms in total. The van der Waals surface area contributed by atoms with Crippen LogP contribution in [0.25, 0.3) is 0 Å². The molecule has 0 fully saturated rings. The topological polar surface area (TPSA) is 84.9 Å². The van der Waals surface area contributed by atoms with Crippen LogP contribution in [0.15, 0.2) is 18.2 Å². The van der Waals surface area contributed by atoms with Crippen molar-refractivity contribution in [3.05, 3.63) is 18.2 Å². The Kier molecular flexibility index (Phi) is 7.98. The summed E-state index contributed by atoms with van der Waals surface area (Å²) in [5, 5.41) is 2.93. The zero-order valence-electron chi connectivity index (χ0n) is 17.2. The normalized spacial score (nSPS) is 15.6. The second kappa shape index (κ2) is 10.0. The summed E-state index contributed by atoms with van der Waals surface area (Å²) in [6.07, 6.45) is 5.37. The van der Waals surface area contributed by atoms with E-state index in [2.05, 4.69) is 19.2 Å². The van der Waals surface area contributed by atoms with E-state index in [1.165, 1.54) is 0 Å². The Labute approximate surface area is 168 Å². The molecular weight excluding hydrogens is 380 g/mol. The Balaban J connectivity index is 2.15. The number of rotatable bonds is 10. The number of benzene rings is 1. The van der Waals surface area contributed by atoms with Crippen LogP contribution in [0.4, 0.5) is 5.69 Å². The summed E-state index contributed by atoms with van der Waals surface area (Å²) >= 11 is 0. The van der Waals surface area contributed by atoms with Crippen molar-refractivity contribution < 1.29 is 22.7 Å². The van der Waals surface area contributed by atoms with Crippen LogP contribution in [0, 0.1) is 5.92 Å². The molecule has 0 radical (unpaired) electrons. The van der Waals surface area contributed by atoms with Gasteiger partial charge in [0.05, 0.1) is 11.9 Å². The highest BCUT2D eigenvalue weighted by atomic mass is 32.2. The van der Waals surface area contributed by atoms with Crippen molar-refractivity contribution in [3.63, 3.8) is 0 Å². The van der Waals surface area contributed by atoms with Gasteiger partial charge in [-0.3, -0.25) is 9.10 Å². The first-order valence-electron chi connectivity index (χ1n) is 9.94. The lowest BCUT2D eigenvalue weighted by molar-refractivity contribution is -0.122. The number of sulfonamides is 1. The fraction of sp³-hybridized carbons (Fsp3) is 0.650. The molecule has 28 heavy (non-hydrogen) atoms. The van der Waals surface area contributed by atoms with Gasteiger partial charge < -0.3 is 14.8 Å². The monoisotopic (exact) mass is 412 g/mol. The molecule has 2 atom stereocenters. The lowest BCUT2D eigenvalue weighted by Gasteiger charge is -2.30. The Morgan fingerprint density at radius 1 is 1.21 bits per heavy atom. The molecule has 0 unspecified atom stereocenters. The third-order valence-electron chi connectivity index (χ3n) is 4.98. The summed E-state index contributed by atoms with van der Waals surface area (Å²) in [6.45, 7) is 7.26. The van der Waals surface area contributed by atoms with Gasteiger partial charge in [0.25, 0.3) is 0 Å². The molecule has 1 aliphatic rings. The van der Waals surface area contributed by atoms with Crippen molar-refractivity contribution in [1.82, 2.24) is 5.32 Å². The van der Waals surface area contributed by atoms with Crippen LogP contribution in [0.5, 0.6) is 11.5 Å². The number of carbonyl (C=O) groups excluding carboxylic acids is 1. The van der Waals surface area contributed by atoms with Crippen LogP contribution in [0.3, 0.4) is 0 Å². The third kappa shape index (κ3) is 5.77. The van der Waals surface area contributed by atoms with Gasteiger partial charge in [-0.15, -0.1) is 0 Å². The smallest absolute Gasteiger partial charge is 0.243 e. The van der Waals surface area contributed by atoms with E-state index >= 15 is 0 Å². The molecule has 1 aliphatic heterocycles. The van der Waals surface area contributed by atoms with E-state index in [0.717, 1.165) is 36.2 Å². The molecule has 0 bridgehead atoms. The second-order valence-corrected chi connectivity index (χ2v) is 9.08. The summed E-state index contributed by atoms with van der Waals surface area (Å²) in [6, 6.07) is 4.04. The van der Waals surface area contributed by atoms with Crippen LogP contribution in [-0.2, 0) is 14.8 Å². The van der Waals surface area contributed by atoms with Crippen molar-refractivity contribution >= 4 is 21.6 Å². The second-order valence-electron chi connectivity index (χ2n) is 7.22. The number of unbranched alkanes of at least 4 members (excludes halogenated alkanes) is 1. The van der Waals surface area contributed by atoms with Gasteiger partial charge in [-0.25, -0.2) is 8.42 Å². The summed E-state index contributed by atoms with van der Waals surface area (Å²) in [7, 11) is -3.67. The lowest BCUT2D eigenvalue weighted by atomic mass is 9.99. The Morgan fingerprint density at radius 3 is 2.50 bits per heavy atom. The minimum Gasteiger partial charge on any atom is -0.486 e. The average molecular weight is 413 g/mol. The zero-order chi connectivity index (χ0) is 20.7. The maximum Gasteiger partial charge on any atom is 0.243 e. The van der Waals surface area contributed by atoms with Crippen LogP contribution >= 0.6 is 0 Å². The van der Waals surface area contributed by atoms with Crippen LogP contribution < -0.4 is 19.1 Å². The number of nitrogens with zero attached hydrogens (tertiary/aromatic N) is 1. The highest BCUT2D eigenvalue weighted by molar-refractivity contribution is 7.92. The van der Waals surface area contributed by atoms with E-state index in [9.17, 15) is 13.2 Å². The van der Waals surface area contributed by atoms with Gasteiger partial charge in [0.15, 0.2) is 11.5 Å². The predicted octanol–water partition coefficient (Wildman–Crippen LogP) is 2.94. The minimum absolute atomic E-state index is 0.310. The molecule has 1 N–H and O–H groups in total. The zero-order valence-corrected chi connectivity index (χ0v) is 18.0.